The van der Waals surface area contributed by atoms with Crippen molar-refractivity contribution >= 4 is 11.1 Å². The molecule has 4 nitrogen and oxygen atoms in total. The lowest BCUT2D eigenvalue weighted by Crippen LogP contribution is -2.32. The third-order valence-electron chi connectivity index (χ3n) is 12.8. The van der Waals surface area contributed by atoms with E-state index in [0.717, 1.165) is 68.9 Å². The molecule has 1 aromatic heterocycles. The smallest absolute Gasteiger partial charge is 0.164 e. The van der Waals surface area contributed by atoms with E-state index < -0.39 is 5.41 Å². The standard InChI is InChI=1S/C58H39N3O/c1-3-15-38(16-4-1)40-27-31-42(32-28-40)55-59-56(43-33-29-41(30-34-43)39-17-5-2-6-18-39)61-57(60-55)48-22-8-7-19-45(48)44-35-36-54-52(37-44)58(51-25-13-14-26-53(51)62-54)49-23-11-9-20-46(49)47-21-10-12-24-50(47)58/h1-29,31-33,35-37H,30,34H2. The highest BCUT2D eigenvalue weighted by Crippen LogP contribution is 2.62. The molecule has 0 N–H and O–H groups in total. The van der Waals surface area contributed by atoms with E-state index in [1.165, 1.54) is 39.0 Å². The number of para-hydroxylation sites is 1. The molecule has 0 bridgehead atoms. The van der Waals surface area contributed by atoms with Gasteiger partial charge in [0.1, 0.15) is 11.5 Å². The Balaban J connectivity index is 1.02. The highest BCUT2D eigenvalue weighted by molar-refractivity contribution is 5.90. The first-order chi connectivity index (χ1) is 30.7. The fraction of sp³-hybridized carbons (Fsp3) is 0.0517. The summed E-state index contributed by atoms with van der Waals surface area (Å²) in [7, 11) is 0. The minimum absolute atomic E-state index is 0.568. The Morgan fingerprint density at radius 2 is 0.806 bits per heavy atom. The summed E-state index contributed by atoms with van der Waals surface area (Å²) in [5.74, 6) is 3.71. The van der Waals surface area contributed by atoms with Crippen LogP contribution in [0.5, 0.6) is 11.5 Å². The maximum Gasteiger partial charge on any atom is 0.164 e. The van der Waals surface area contributed by atoms with Crippen molar-refractivity contribution in [2.45, 2.75) is 18.3 Å². The van der Waals surface area contributed by atoms with E-state index in [1.54, 1.807) is 0 Å². The fourth-order valence-electron chi connectivity index (χ4n) is 9.88. The molecule has 0 unspecified atom stereocenters. The Labute approximate surface area is 361 Å². The minimum Gasteiger partial charge on any atom is -0.457 e. The Hall–Kier alpha value is -7.95. The zero-order valence-electron chi connectivity index (χ0n) is 33.9. The number of hydrogen-bond acceptors (Lipinski definition) is 4. The summed E-state index contributed by atoms with van der Waals surface area (Å²) in [5.41, 5.74) is 16.7. The van der Waals surface area contributed by atoms with Gasteiger partial charge in [-0.05, 0) is 92.3 Å². The molecule has 1 aliphatic heterocycles. The summed E-state index contributed by atoms with van der Waals surface area (Å²) < 4.78 is 6.78. The number of fused-ring (bicyclic) bond motifs is 9. The van der Waals surface area contributed by atoms with Crippen LogP contribution in [0.25, 0.3) is 67.3 Å². The molecule has 0 amide bonds. The molecule has 0 atom stereocenters. The molecule has 0 fully saturated rings. The predicted molar refractivity (Wildman–Crippen MR) is 251 cm³/mol. The summed E-state index contributed by atoms with van der Waals surface area (Å²) >= 11 is 0. The average Bonchev–Trinajstić information content (AvgIpc) is 3.65. The SMILES string of the molecule is C1=C(c2ccccc2)CCC(c2nc(-c3ccc(-c4ccccc4)cc3)nc(-c3ccccc3-c3ccc4c(c3)C3(c5ccccc5O4)c4ccccc4-c4ccccc43)n2)=C1. The van der Waals surface area contributed by atoms with E-state index in [9.17, 15) is 0 Å². The van der Waals surface area contributed by atoms with Gasteiger partial charge in [0, 0.05) is 22.3 Å². The second-order valence-corrected chi connectivity index (χ2v) is 16.2. The molecule has 0 radical (unpaired) electrons. The van der Waals surface area contributed by atoms with E-state index in [4.69, 9.17) is 19.7 Å². The van der Waals surface area contributed by atoms with Crippen LogP contribution in [-0.4, -0.2) is 15.0 Å². The lowest BCUT2D eigenvalue weighted by Gasteiger charge is -2.39. The van der Waals surface area contributed by atoms with Crippen molar-refractivity contribution in [3.63, 3.8) is 0 Å². The third kappa shape index (κ3) is 5.79. The zero-order chi connectivity index (χ0) is 41.0. The second-order valence-electron chi connectivity index (χ2n) is 16.2. The number of nitrogens with zero attached hydrogens (tertiary/aromatic N) is 3. The second kappa shape index (κ2) is 14.6. The molecule has 4 heteroatoms. The fourth-order valence-corrected chi connectivity index (χ4v) is 9.88. The maximum absolute atomic E-state index is 6.78. The normalized spacial score (nSPS) is 14.1. The van der Waals surface area contributed by atoms with Crippen molar-refractivity contribution in [3.8, 4) is 67.7 Å². The summed E-state index contributed by atoms with van der Waals surface area (Å²) in [4.78, 5) is 15.8. The molecule has 292 valence electrons. The number of benzene rings is 8. The summed E-state index contributed by atoms with van der Waals surface area (Å²) in [6.45, 7) is 0. The highest BCUT2D eigenvalue weighted by atomic mass is 16.5. The highest BCUT2D eigenvalue weighted by Gasteiger charge is 2.51. The molecule has 9 aromatic rings. The van der Waals surface area contributed by atoms with Crippen LogP contribution in [0.1, 0.15) is 46.5 Å². The van der Waals surface area contributed by atoms with Crippen LogP contribution in [0.2, 0.25) is 0 Å². The van der Waals surface area contributed by atoms with E-state index in [-0.39, 0.29) is 0 Å². The van der Waals surface area contributed by atoms with Gasteiger partial charge in [0.2, 0.25) is 0 Å². The molecule has 62 heavy (non-hydrogen) atoms. The van der Waals surface area contributed by atoms with E-state index in [0.29, 0.717) is 17.5 Å². The van der Waals surface area contributed by atoms with Crippen molar-refractivity contribution in [2.24, 2.45) is 0 Å². The Morgan fingerprint density at radius 3 is 1.50 bits per heavy atom. The van der Waals surface area contributed by atoms with Crippen LogP contribution in [0.15, 0.2) is 212 Å². The number of rotatable bonds is 6. The third-order valence-corrected chi connectivity index (χ3v) is 12.8. The summed E-state index contributed by atoms with van der Waals surface area (Å²) in [6, 6.07) is 71.0. The van der Waals surface area contributed by atoms with Gasteiger partial charge in [-0.2, -0.15) is 0 Å². The minimum atomic E-state index is -0.568. The molecule has 0 saturated carbocycles. The topological polar surface area (TPSA) is 47.9 Å². The van der Waals surface area contributed by atoms with Gasteiger partial charge in [0.05, 0.1) is 5.41 Å². The van der Waals surface area contributed by atoms with Crippen molar-refractivity contribution in [1.29, 1.82) is 0 Å². The van der Waals surface area contributed by atoms with Gasteiger partial charge in [0.15, 0.2) is 17.5 Å². The molecular weight excluding hydrogens is 755 g/mol. The van der Waals surface area contributed by atoms with Gasteiger partial charge in [0.25, 0.3) is 0 Å². The van der Waals surface area contributed by atoms with E-state index in [1.807, 2.05) is 6.07 Å². The Kier molecular flexibility index (Phi) is 8.49. The first-order valence-corrected chi connectivity index (χ1v) is 21.3. The van der Waals surface area contributed by atoms with Crippen molar-refractivity contribution in [2.75, 3.05) is 0 Å². The number of allylic oxidation sites excluding steroid dienone is 4. The Bertz CT molecular complexity index is 3210. The monoisotopic (exact) mass is 793 g/mol. The quantitative estimate of drug-likeness (QED) is 0.168. The molecule has 3 aliphatic rings. The van der Waals surface area contributed by atoms with Crippen molar-refractivity contribution in [1.82, 2.24) is 15.0 Å². The molecule has 2 heterocycles. The Morgan fingerprint density at radius 1 is 0.323 bits per heavy atom. The predicted octanol–water partition coefficient (Wildman–Crippen LogP) is 14.3. The molecule has 2 aliphatic carbocycles. The first kappa shape index (κ1) is 35.9. The van der Waals surface area contributed by atoms with Gasteiger partial charge >= 0.3 is 0 Å². The molecule has 8 aromatic carbocycles. The van der Waals surface area contributed by atoms with E-state index >= 15 is 0 Å². The van der Waals surface area contributed by atoms with E-state index in [2.05, 4.69) is 206 Å². The lowest BCUT2D eigenvalue weighted by molar-refractivity contribution is 0.436. The molecular formula is C58H39N3O. The van der Waals surface area contributed by atoms with Crippen LogP contribution in [0.4, 0.5) is 0 Å². The van der Waals surface area contributed by atoms with Gasteiger partial charge in [-0.1, -0.05) is 194 Å². The van der Waals surface area contributed by atoms with Crippen LogP contribution in [-0.2, 0) is 5.41 Å². The maximum atomic E-state index is 6.78. The van der Waals surface area contributed by atoms with Gasteiger partial charge in [-0.3, -0.25) is 0 Å². The van der Waals surface area contributed by atoms with Crippen molar-refractivity contribution < 1.29 is 4.74 Å². The van der Waals surface area contributed by atoms with Crippen LogP contribution >= 0.6 is 0 Å². The number of hydrogen-bond donors (Lipinski definition) is 0. The lowest BCUT2D eigenvalue weighted by atomic mass is 9.65. The van der Waals surface area contributed by atoms with Gasteiger partial charge < -0.3 is 4.74 Å². The average molecular weight is 794 g/mol. The first-order valence-electron chi connectivity index (χ1n) is 21.3. The zero-order valence-corrected chi connectivity index (χ0v) is 33.9. The van der Waals surface area contributed by atoms with Crippen molar-refractivity contribution in [3.05, 3.63) is 246 Å². The summed E-state index contributed by atoms with van der Waals surface area (Å²) in [6.07, 6.45) is 6.15. The van der Waals surface area contributed by atoms with Crippen LogP contribution in [0.3, 0.4) is 0 Å². The molecule has 0 saturated heterocycles. The summed E-state index contributed by atoms with van der Waals surface area (Å²) in [5, 5.41) is 0. The largest absolute Gasteiger partial charge is 0.457 e. The number of aromatic nitrogens is 3. The van der Waals surface area contributed by atoms with Gasteiger partial charge in [-0.25, -0.2) is 15.0 Å². The number of ether oxygens (including phenoxy) is 1. The van der Waals surface area contributed by atoms with Gasteiger partial charge in [-0.15, -0.1) is 0 Å². The molecule has 12 rings (SSSR count). The van der Waals surface area contributed by atoms with Crippen LogP contribution in [0, 0.1) is 0 Å². The van der Waals surface area contributed by atoms with Crippen LogP contribution < -0.4 is 4.74 Å². The molecule has 1 spiro atoms.